The fourth-order valence-corrected chi connectivity index (χ4v) is 7.73. The molecule has 0 radical (unpaired) electrons. The van der Waals surface area contributed by atoms with E-state index < -0.39 is 0 Å². The molecule has 0 heterocycles. The number of rotatable bonds is 10. The van der Waals surface area contributed by atoms with E-state index in [0.29, 0.717) is 42.5 Å². The number of hydrogen-bond acceptors (Lipinski definition) is 3. The standard InChI is InChI=1S/C30H48O3/c1-21(11-12-22(2)28(3,4)33-20-32-6)26-13-14-27-23(9-7-15-29(26,27)5)17-25(19-31)30-16-8-10-24(30)18-30/h8,11-12,16-17,21-22,24-27,31H,7,9-10,13-15,18-20H2,1-6H3/t21-,22+,24-,25+,26-,27+,29-,30-/m1/s1. The van der Waals surface area contributed by atoms with Crippen LogP contribution in [0.15, 0.2) is 36.0 Å². The van der Waals surface area contributed by atoms with Gasteiger partial charge >= 0.3 is 0 Å². The Labute approximate surface area is 202 Å². The van der Waals surface area contributed by atoms with Crippen LogP contribution in [-0.4, -0.2) is 31.2 Å². The largest absolute Gasteiger partial charge is 0.396 e. The summed E-state index contributed by atoms with van der Waals surface area (Å²) in [4.78, 5) is 0. The van der Waals surface area contributed by atoms with Crippen LogP contribution in [0.4, 0.5) is 0 Å². The van der Waals surface area contributed by atoms with Crippen LogP contribution < -0.4 is 0 Å². The van der Waals surface area contributed by atoms with E-state index in [9.17, 15) is 5.11 Å². The topological polar surface area (TPSA) is 38.7 Å². The second-order valence-corrected chi connectivity index (χ2v) is 12.5. The zero-order valence-corrected chi connectivity index (χ0v) is 22.0. The van der Waals surface area contributed by atoms with E-state index in [2.05, 4.69) is 65.0 Å². The number of fused-ring (bicyclic) bond motifs is 2. The van der Waals surface area contributed by atoms with Crippen molar-refractivity contribution in [2.45, 2.75) is 85.2 Å². The van der Waals surface area contributed by atoms with E-state index in [4.69, 9.17) is 9.47 Å². The lowest BCUT2D eigenvalue weighted by molar-refractivity contribution is -0.128. The zero-order valence-electron chi connectivity index (χ0n) is 22.0. The van der Waals surface area contributed by atoms with Crippen LogP contribution in [0.5, 0.6) is 0 Å². The molecule has 0 aliphatic heterocycles. The van der Waals surface area contributed by atoms with Crippen LogP contribution in [-0.2, 0) is 9.47 Å². The lowest BCUT2D eigenvalue weighted by Gasteiger charge is -2.44. The van der Waals surface area contributed by atoms with Gasteiger partial charge in [0.2, 0.25) is 0 Å². The quantitative estimate of drug-likeness (QED) is 0.286. The van der Waals surface area contributed by atoms with E-state index >= 15 is 0 Å². The van der Waals surface area contributed by atoms with Crippen LogP contribution in [0, 0.1) is 46.3 Å². The van der Waals surface area contributed by atoms with Crippen molar-refractivity contribution in [1.82, 2.24) is 0 Å². The molecule has 3 nitrogen and oxygen atoms in total. The van der Waals surface area contributed by atoms with E-state index in [1.807, 2.05) is 0 Å². The molecule has 0 aromatic heterocycles. The number of methoxy groups -OCH3 is 1. The molecule has 4 aliphatic rings. The van der Waals surface area contributed by atoms with Crippen molar-refractivity contribution >= 4 is 0 Å². The fourth-order valence-electron chi connectivity index (χ4n) is 7.73. The SMILES string of the molecule is COCOC(C)(C)[C@@H](C)C=C[C@@H](C)[C@H]1CC[C@H]2C(=C[C@@H](CO)[C@@]34C=CC[C@@H]3C4)CCC[C@]12C. The molecule has 0 saturated heterocycles. The van der Waals surface area contributed by atoms with Gasteiger partial charge in [-0.05, 0) is 87.9 Å². The van der Waals surface area contributed by atoms with Crippen molar-refractivity contribution < 1.29 is 14.6 Å². The molecule has 0 unspecified atom stereocenters. The zero-order chi connectivity index (χ0) is 23.9. The molecule has 0 amide bonds. The molecule has 0 bridgehead atoms. The summed E-state index contributed by atoms with van der Waals surface area (Å²) < 4.78 is 11.0. The Bertz CT molecular complexity index is 779. The van der Waals surface area contributed by atoms with Gasteiger partial charge in [0.15, 0.2) is 0 Å². The minimum atomic E-state index is -0.233. The van der Waals surface area contributed by atoms with Gasteiger partial charge in [-0.3, -0.25) is 0 Å². The third-order valence-corrected chi connectivity index (χ3v) is 10.4. The maximum Gasteiger partial charge on any atom is 0.147 e. The number of aliphatic hydroxyl groups is 1. The summed E-state index contributed by atoms with van der Waals surface area (Å²) >= 11 is 0. The third kappa shape index (κ3) is 4.67. The summed E-state index contributed by atoms with van der Waals surface area (Å²) in [6, 6.07) is 0. The van der Waals surface area contributed by atoms with Crippen molar-refractivity contribution in [3.8, 4) is 0 Å². The van der Waals surface area contributed by atoms with Crippen LogP contribution in [0.1, 0.15) is 79.6 Å². The average Bonchev–Trinajstić information content (AvgIpc) is 3.14. The normalized spacial score (nSPS) is 39.6. The first-order chi connectivity index (χ1) is 15.7. The highest BCUT2D eigenvalue weighted by molar-refractivity contribution is 5.30. The number of hydrogen-bond donors (Lipinski definition) is 1. The van der Waals surface area contributed by atoms with Crippen molar-refractivity contribution in [3.63, 3.8) is 0 Å². The number of ether oxygens (including phenoxy) is 2. The minimum Gasteiger partial charge on any atom is -0.396 e. The summed E-state index contributed by atoms with van der Waals surface area (Å²) in [5.41, 5.74) is 2.11. The summed E-state index contributed by atoms with van der Waals surface area (Å²) in [6.45, 7) is 12.2. The summed E-state index contributed by atoms with van der Waals surface area (Å²) in [5, 5.41) is 10.3. The number of allylic oxidation sites excluding steroid dienone is 4. The van der Waals surface area contributed by atoms with Gasteiger partial charge in [-0.15, -0.1) is 0 Å². The molecule has 0 aromatic carbocycles. The first-order valence-electron chi connectivity index (χ1n) is 13.5. The van der Waals surface area contributed by atoms with Crippen molar-refractivity contribution in [2.24, 2.45) is 46.3 Å². The molecule has 3 saturated carbocycles. The van der Waals surface area contributed by atoms with Gasteiger partial charge in [0, 0.05) is 24.4 Å². The predicted octanol–water partition coefficient (Wildman–Crippen LogP) is 6.93. The molecule has 8 atom stereocenters. The number of aliphatic hydroxyl groups excluding tert-OH is 1. The van der Waals surface area contributed by atoms with Crippen LogP contribution in [0.2, 0.25) is 0 Å². The molecular formula is C30H48O3. The van der Waals surface area contributed by atoms with E-state index in [0.717, 1.165) is 11.8 Å². The van der Waals surface area contributed by atoms with Gasteiger partial charge < -0.3 is 14.6 Å². The van der Waals surface area contributed by atoms with E-state index in [1.54, 1.807) is 12.7 Å². The Hall–Kier alpha value is -0.900. The maximum absolute atomic E-state index is 10.3. The Morgan fingerprint density at radius 2 is 2.03 bits per heavy atom. The molecule has 4 rings (SSSR count). The highest BCUT2D eigenvalue weighted by atomic mass is 16.7. The van der Waals surface area contributed by atoms with Gasteiger partial charge in [-0.2, -0.15) is 0 Å². The molecule has 3 fully saturated rings. The lowest BCUT2D eigenvalue weighted by atomic mass is 9.60. The molecule has 0 spiro atoms. The third-order valence-electron chi connectivity index (χ3n) is 10.4. The van der Waals surface area contributed by atoms with Gasteiger partial charge in [0.1, 0.15) is 6.79 Å². The molecule has 186 valence electrons. The van der Waals surface area contributed by atoms with Crippen LogP contribution >= 0.6 is 0 Å². The maximum atomic E-state index is 10.3. The Balaban J connectivity index is 1.45. The van der Waals surface area contributed by atoms with Gasteiger partial charge in [-0.25, -0.2) is 0 Å². The molecule has 4 aliphatic carbocycles. The first kappa shape index (κ1) is 25.2. The highest BCUT2D eigenvalue weighted by Gasteiger charge is 2.58. The molecule has 33 heavy (non-hydrogen) atoms. The van der Waals surface area contributed by atoms with Crippen LogP contribution in [0.25, 0.3) is 0 Å². The van der Waals surface area contributed by atoms with Gasteiger partial charge in [0.05, 0.1) is 12.2 Å². The Morgan fingerprint density at radius 1 is 1.24 bits per heavy atom. The van der Waals surface area contributed by atoms with Crippen molar-refractivity contribution in [3.05, 3.63) is 36.0 Å². The summed E-state index contributed by atoms with van der Waals surface area (Å²) in [7, 11) is 1.68. The Morgan fingerprint density at radius 3 is 2.67 bits per heavy atom. The lowest BCUT2D eigenvalue weighted by Crippen LogP contribution is -2.36. The highest BCUT2D eigenvalue weighted by Crippen LogP contribution is 2.65. The molecule has 0 aromatic rings. The average molecular weight is 457 g/mol. The van der Waals surface area contributed by atoms with E-state index in [1.165, 1.54) is 44.9 Å². The second-order valence-electron chi connectivity index (χ2n) is 12.5. The van der Waals surface area contributed by atoms with Gasteiger partial charge in [-0.1, -0.05) is 56.7 Å². The molecule has 1 N–H and O–H groups in total. The van der Waals surface area contributed by atoms with Gasteiger partial charge in [0.25, 0.3) is 0 Å². The summed E-state index contributed by atoms with van der Waals surface area (Å²) in [5.74, 6) is 3.44. The monoisotopic (exact) mass is 456 g/mol. The van der Waals surface area contributed by atoms with Crippen LogP contribution in [0.3, 0.4) is 0 Å². The Kier molecular flexibility index (Phi) is 7.35. The minimum absolute atomic E-state index is 0.233. The fraction of sp³-hybridized carbons (Fsp3) is 0.800. The molecule has 3 heteroatoms. The van der Waals surface area contributed by atoms with Crippen molar-refractivity contribution in [1.29, 1.82) is 0 Å². The smallest absolute Gasteiger partial charge is 0.147 e. The summed E-state index contributed by atoms with van der Waals surface area (Å²) in [6.07, 6.45) is 21.2. The van der Waals surface area contributed by atoms with Crippen molar-refractivity contribution in [2.75, 3.05) is 20.5 Å². The predicted molar refractivity (Wildman–Crippen MR) is 136 cm³/mol. The first-order valence-corrected chi connectivity index (χ1v) is 13.5. The van der Waals surface area contributed by atoms with E-state index in [-0.39, 0.29) is 11.0 Å². The molecular weight excluding hydrogens is 408 g/mol. The second kappa shape index (κ2) is 9.63.